The molecule has 0 saturated heterocycles. The number of fused-ring (bicyclic) bond motifs is 1. The van der Waals surface area contributed by atoms with Crippen molar-refractivity contribution in [2.24, 2.45) is 4.99 Å². The van der Waals surface area contributed by atoms with E-state index in [0.717, 1.165) is 22.0 Å². The summed E-state index contributed by atoms with van der Waals surface area (Å²) in [5.41, 5.74) is 2.99. The number of aromatic nitrogens is 1. The number of nitrogens with zero attached hydrogens (tertiary/aromatic N) is 1. The first-order valence-electron chi connectivity index (χ1n) is 9.74. The molecule has 0 aliphatic carbocycles. The average Bonchev–Trinajstić information content (AvgIpc) is 3.13. The summed E-state index contributed by atoms with van der Waals surface area (Å²) in [6, 6.07) is 14.5. The summed E-state index contributed by atoms with van der Waals surface area (Å²) in [6.45, 7) is 3.79. The first-order chi connectivity index (χ1) is 14.2. The van der Waals surface area contributed by atoms with Crippen LogP contribution in [0.4, 0.5) is 4.39 Å². The van der Waals surface area contributed by atoms with Crippen LogP contribution in [0, 0.1) is 5.82 Å². The van der Waals surface area contributed by atoms with Crippen LogP contribution in [0.1, 0.15) is 18.1 Å². The molecule has 4 N–H and O–H groups in total. The number of carbonyl (C=O) groups is 1. The Balaban J connectivity index is 0.00000320. The predicted octanol–water partition coefficient (Wildman–Crippen LogP) is 3.34. The van der Waals surface area contributed by atoms with Gasteiger partial charge >= 0.3 is 0 Å². The molecule has 1 aromatic heterocycles. The molecule has 0 saturated carbocycles. The maximum absolute atomic E-state index is 13.5. The lowest BCUT2D eigenvalue weighted by Crippen LogP contribution is -2.39. The number of carbonyl (C=O) groups excluding carboxylic acids is 1. The molecule has 160 valence electrons. The third-order valence-electron chi connectivity index (χ3n) is 4.47. The molecule has 3 rings (SSSR count). The van der Waals surface area contributed by atoms with E-state index in [-0.39, 0.29) is 42.2 Å². The van der Waals surface area contributed by atoms with E-state index in [9.17, 15) is 9.18 Å². The van der Waals surface area contributed by atoms with Crippen LogP contribution in [0.5, 0.6) is 0 Å². The number of H-pyrrole nitrogens is 1. The molecule has 0 bridgehead atoms. The molecule has 3 aromatic rings. The number of amides is 1. The van der Waals surface area contributed by atoms with Crippen molar-refractivity contribution in [1.82, 2.24) is 20.9 Å². The number of guanidine groups is 1. The van der Waals surface area contributed by atoms with Gasteiger partial charge in [0.2, 0.25) is 5.91 Å². The van der Waals surface area contributed by atoms with E-state index in [1.54, 1.807) is 6.07 Å². The van der Waals surface area contributed by atoms with Gasteiger partial charge in [0.15, 0.2) is 5.96 Å². The monoisotopic (exact) mass is 523 g/mol. The zero-order chi connectivity index (χ0) is 20.5. The summed E-state index contributed by atoms with van der Waals surface area (Å²) in [5, 5.41) is 10.1. The molecule has 0 radical (unpaired) electrons. The van der Waals surface area contributed by atoms with E-state index < -0.39 is 0 Å². The Morgan fingerprint density at radius 1 is 1.10 bits per heavy atom. The third kappa shape index (κ3) is 7.01. The van der Waals surface area contributed by atoms with Gasteiger partial charge in [-0.25, -0.2) is 9.38 Å². The molecule has 0 unspecified atom stereocenters. The number of hydrogen-bond acceptors (Lipinski definition) is 2. The van der Waals surface area contributed by atoms with Gasteiger partial charge in [-0.15, -0.1) is 24.0 Å². The molecule has 30 heavy (non-hydrogen) atoms. The standard InChI is InChI=1S/C22H26FN5O.HI/c1-2-24-22(28-15-21(29)27-13-16-6-4-3-5-7-16)25-11-10-17-14-26-20-9-8-18(23)12-19(17)20;/h3-9,12,14,26H,2,10-11,13,15H2,1H3,(H,27,29)(H2,24,25,28);1H. The summed E-state index contributed by atoms with van der Waals surface area (Å²) in [4.78, 5) is 19.5. The molecule has 0 spiro atoms. The van der Waals surface area contributed by atoms with Crippen molar-refractivity contribution in [3.63, 3.8) is 0 Å². The summed E-state index contributed by atoms with van der Waals surface area (Å²) in [7, 11) is 0. The Kier molecular flexibility index (Phi) is 9.59. The highest BCUT2D eigenvalue weighted by Crippen LogP contribution is 2.19. The number of aliphatic imine (C=N–C) groups is 1. The van der Waals surface area contributed by atoms with E-state index in [2.05, 4.69) is 25.9 Å². The topological polar surface area (TPSA) is 81.3 Å². The highest BCUT2D eigenvalue weighted by Gasteiger charge is 2.06. The summed E-state index contributed by atoms with van der Waals surface area (Å²) in [6.07, 6.45) is 2.60. The fraction of sp³-hybridized carbons (Fsp3) is 0.273. The van der Waals surface area contributed by atoms with Crippen LogP contribution in [0.25, 0.3) is 10.9 Å². The first-order valence-corrected chi connectivity index (χ1v) is 9.74. The van der Waals surface area contributed by atoms with Gasteiger partial charge in [-0.3, -0.25) is 4.79 Å². The van der Waals surface area contributed by atoms with Gasteiger partial charge < -0.3 is 20.9 Å². The molecule has 0 aliphatic heterocycles. The maximum Gasteiger partial charge on any atom is 0.242 e. The summed E-state index contributed by atoms with van der Waals surface area (Å²) >= 11 is 0. The van der Waals surface area contributed by atoms with Crippen LogP contribution in [0.2, 0.25) is 0 Å². The highest BCUT2D eigenvalue weighted by molar-refractivity contribution is 14.0. The van der Waals surface area contributed by atoms with E-state index >= 15 is 0 Å². The van der Waals surface area contributed by atoms with Gasteiger partial charge in [0.25, 0.3) is 0 Å². The molecule has 1 heterocycles. The van der Waals surface area contributed by atoms with Crippen LogP contribution in [-0.2, 0) is 17.8 Å². The number of nitrogens with one attached hydrogen (secondary N) is 4. The van der Waals surface area contributed by atoms with Crippen molar-refractivity contribution in [2.75, 3.05) is 19.6 Å². The Hall–Kier alpha value is -2.62. The van der Waals surface area contributed by atoms with Gasteiger partial charge in [0.1, 0.15) is 12.4 Å². The number of hydrogen-bond donors (Lipinski definition) is 4. The average molecular weight is 523 g/mol. The van der Waals surface area contributed by atoms with Crippen LogP contribution in [0.3, 0.4) is 0 Å². The Labute approximate surface area is 192 Å². The minimum absolute atomic E-state index is 0. The quantitative estimate of drug-likeness (QED) is 0.208. The van der Waals surface area contributed by atoms with Crippen molar-refractivity contribution in [3.8, 4) is 0 Å². The molecule has 2 aromatic carbocycles. The molecular weight excluding hydrogens is 496 g/mol. The lowest BCUT2D eigenvalue weighted by atomic mass is 10.1. The van der Waals surface area contributed by atoms with Crippen molar-refractivity contribution in [3.05, 3.63) is 71.7 Å². The molecule has 0 fully saturated rings. The minimum Gasteiger partial charge on any atom is -0.361 e. The van der Waals surface area contributed by atoms with Crippen LogP contribution in [-0.4, -0.2) is 36.5 Å². The van der Waals surface area contributed by atoms with Gasteiger partial charge in [-0.05, 0) is 42.7 Å². The largest absolute Gasteiger partial charge is 0.361 e. The smallest absolute Gasteiger partial charge is 0.242 e. The summed E-state index contributed by atoms with van der Waals surface area (Å²) < 4.78 is 13.5. The molecular formula is C22H27FIN5O. The van der Waals surface area contributed by atoms with Crippen molar-refractivity contribution >= 4 is 46.7 Å². The Morgan fingerprint density at radius 3 is 2.67 bits per heavy atom. The molecule has 0 atom stereocenters. The number of rotatable bonds is 8. The normalized spacial score (nSPS) is 11.1. The molecule has 6 nitrogen and oxygen atoms in total. The molecule has 0 aliphatic rings. The second-order valence-corrected chi connectivity index (χ2v) is 6.64. The zero-order valence-corrected chi connectivity index (χ0v) is 19.2. The second-order valence-electron chi connectivity index (χ2n) is 6.64. The number of aromatic amines is 1. The molecule has 8 heteroatoms. The van der Waals surface area contributed by atoms with E-state index in [4.69, 9.17) is 0 Å². The van der Waals surface area contributed by atoms with Crippen molar-refractivity contribution < 1.29 is 9.18 Å². The van der Waals surface area contributed by atoms with Crippen LogP contribution < -0.4 is 16.0 Å². The zero-order valence-electron chi connectivity index (χ0n) is 16.9. The molecule has 1 amide bonds. The fourth-order valence-corrected chi connectivity index (χ4v) is 3.02. The highest BCUT2D eigenvalue weighted by atomic mass is 127. The lowest BCUT2D eigenvalue weighted by Gasteiger charge is -2.11. The van der Waals surface area contributed by atoms with Gasteiger partial charge in [-0.1, -0.05) is 30.3 Å². The van der Waals surface area contributed by atoms with Crippen molar-refractivity contribution in [2.45, 2.75) is 19.9 Å². The van der Waals surface area contributed by atoms with Crippen LogP contribution >= 0.6 is 24.0 Å². The van der Waals surface area contributed by atoms with E-state index in [0.29, 0.717) is 32.0 Å². The second kappa shape index (κ2) is 12.2. The Bertz CT molecular complexity index is 974. The van der Waals surface area contributed by atoms with Gasteiger partial charge in [-0.2, -0.15) is 0 Å². The predicted molar refractivity (Wildman–Crippen MR) is 130 cm³/mol. The van der Waals surface area contributed by atoms with Crippen molar-refractivity contribution in [1.29, 1.82) is 0 Å². The summed E-state index contributed by atoms with van der Waals surface area (Å²) in [5.74, 6) is 0.189. The lowest BCUT2D eigenvalue weighted by molar-refractivity contribution is -0.119. The van der Waals surface area contributed by atoms with E-state index in [1.807, 2.05) is 43.5 Å². The maximum atomic E-state index is 13.5. The number of halogens is 2. The Morgan fingerprint density at radius 2 is 1.90 bits per heavy atom. The fourth-order valence-electron chi connectivity index (χ4n) is 3.02. The van der Waals surface area contributed by atoms with Gasteiger partial charge in [0, 0.05) is 36.7 Å². The third-order valence-corrected chi connectivity index (χ3v) is 4.47. The number of benzene rings is 2. The van der Waals surface area contributed by atoms with Crippen LogP contribution in [0.15, 0.2) is 59.7 Å². The van der Waals surface area contributed by atoms with E-state index in [1.165, 1.54) is 12.1 Å². The minimum atomic E-state index is -0.247. The van der Waals surface area contributed by atoms with Gasteiger partial charge in [0.05, 0.1) is 0 Å². The first kappa shape index (κ1) is 23.7. The SMILES string of the molecule is CCNC(=NCC(=O)NCc1ccccc1)NCCc1c[nH]c2ccc(F)cc12.I.